The number of esters is 2. The van der Waals surface area contributed by atoms with Gasteiger partial charge in [0, 0.05) is 0 Å². The summed E-state index contributed by atoms with van der Waals surface area (Å²) in [5, 5.41) is 0. The van der Waals surface area contributed by atoms with Crippen LogP contribution >= 0.6 is 0 Å². The summed E-state index contributed by atoms with van der Waals surface area (Å²) in [6.45, 7) is 0. The van der Waals surface area contributed by atoms with E-state index in [0.717, 1.165) is 48.8 Å². The number of methoxy groups -OCH3 is 2. The second-order valence-electron chi connectivity index (χ2n) is 6.59. The lowest BCUT2D eigenvalue weighted by atomic mass is 9.81. The average molecular weight is 352 g/mol. The minimum atomic E-state index is -0.333. The van der Waals surface area contributed by atoms with Crippen LogP contribution in [0.25, 0.3) is 0 Å². The van der Waals surface area contributed by atoms with Gasteiger partial charge in [-0.25, -0.2) is 9.59 Å². The molecule has 136 valence electrons. The third kappa shape index (κ3) is 3.64. The van der Waals surface area contributed by atoms with Crippen LogP contribution in [0.3, 0.4) is 0 Å². The zero-order chi connectivity index (χ0) is 18.5. The summed E-state index contributed by atoms with van der Waals surface area (Å²) in [5.41, 5.74) is 5.21. The molecule has 0 aromatic heterocycles. The molecule has 4 heteroatoms. The molecule has 3 rings (SSSR count). The molecule has 0 heterocycles. The van der Waals surface area contributed by atoms with Gasteiger partial charge in [0.1, 0.15) is 0 Å². The van der Waals surface area contributed by atoms with E-state index in [1.807, 2.05) is 24.3 Å². The van der Waals surface area contributed by atoms with E-state index >= 15 is 0 Å². The van der Waals surface area contributed by atoms with Gasteiger partial charge in [0.2, 0.25) is 0 Å². The van der Waals surface area contributed by atoms with Gasteiger partial charge < -0.3 is 9.47 Å². The Kier molecular flexibility index (Phi) is 5.71. The van der Waals surface area contributed by atoms with Gasteiger partial charge in [0.05, 0.1) is 25.3 Å². The number of carbonyl (C=O) groups excluding carboxylic acids is 2. The standard InChI is InChI=1S/C22H24O4/c1-25-21(23)19-14-16(13-12-15-8-4-3-5-9-15)20(22(24)26-2)18-11-7-6-10-17(18)19/h3-5,8-9,14H,6-7,10-13H2,1-2H3. The molecule has 2 aromatic carbocycles. The number of ether oxygens (including phenoxy) is 2. The molecule has 0 N–H and O–H groups in total. The lowest BCUT2D eigenvalue weighted by Crippen LogP contribution is -2.20. The van der Waals surface area contributed by atoms with Crippen LogP contribution < -0.4 is 0 Å². The van der Waals surface area contributed by atoms with Gasteiger partial charge in [0.15, 0.2) is 0 Å². The molecule has 26 heavy (non-hydrogen) atoms. The van der Waals surface area contributed by atoms with Gasteiger partial charge in [-0.1, -0.05) is 30.3 Å². The van der Waals surface area contributed by atoms with Gasteiger partial charge in [-0.15, -0.1) is 0 Å². The minimum absolute atomic E-state index is 0.317. The highest BCUT2D eigenvalue weighted by Gasteiger charge is 2.27. The SMILES string of the molecule is COC(=O)c1cc(CCc2ccccc2)c(C(=O)OC)c2c1CCCC2. The molecule has 0 saturated heterocycles. The molecular weight excluding hydrogens is 328 g/mol. The zero-order valence-corrected chi connectivity index (χ0v) is 15.3. The number of hydrogen-bond acceptors (Lipinski definition) is 4. The molecule has 0 unspecified atom stereocenters. The van der Waals surface area contributed by atoms with Gasteiger partial charge >= 0.3 is 11.9 Å². The van der Waals surface area contributed by atoms with Crippen LogP contribution in [0.5, 0.6) is 0 Å². The van der Waals surface area contributed by atoms with Crippen molar-refractivity contribution in [2.45, 2.75) is 38.5 Å². The summed E-state index contributed by atoms with van der Waals surface area (Å²) in [6, 6.07) is 12.0. The Hall–Kier alpha value is -2.62. The Bertz CT molecular complexity index is 809. The normalized spacial score (nSPS) is 13.0. The highest BCUT2D eigenvalue weighted by Crippen LogP contribution is 2.32. The topological polar surface area (TPSA) is 52.6 Å². The van der Waals surface area contributed by atoms with Crippen LogP contribution in [0, 0.1) is 0 Å². The Labute approximate surface area is 154 Å². The quantitative estimate of drug-likeness (QED) is 0.765. The number of fused-ring (bicyclic) bond motifs is 1. The fourth-order valence-corrected chi connectivity index (χ4v) is 3.78. The van der Waals surface area contributed by atoms with Crippen LogP contribution in [0.4, 0.5) is 0 Å². The van der Waals surface area contributed by atoms with Crippen LogP contribution in [0.2, 0.25) is 0 Å². The second kappa shape index (κ2) is 8.17. The second-order valence-corrected chi connectivity index (χ2v) is 6.59. The van der Waals surface area contributed by atoms with E-state index < -0.39 is 0 Å². The van der Waals surface area contributed by atoms with Crippen molar-refractivity contribution in [2.24, 2.45) is 0 Å². The zero-order valence-electron chi connectivity index (χ0n) is 15.3. The van der Waals surface area contributed by atoms with Crippen molar-refractivity contribution in [1.82, 2.24) is 0 Å². The fourth-order valence-electron chi connectivity index (χ4n) is 3.78. The minimum Gasteiger partial charge on any atom is -0.465 e. The molecule has 2 aromatic rings. The summed E-state index contributed by atoms with van der Waals surface area (Å²) in [7, 11) is 2.81. The summed E-state index contributed by atoms with van der Waals surface area (Å²) in [4.78, 5) is 24.9. The number of benzene rings is 2. The van der Waals surface area contributed by atoms with Crippen LogP contribution in [0.15, 0.2) is 36.4 Å². The third-order valence-electron chi connectivity index (χ3n) is 5.06. The van der Waals surface area contributed by atoms with E-state index in [0.29, 0.717) is 17.5 Å². The van der Waals surface area contributed by atoms with E-state index in [4.69, 9.17) is 9.47 Å². The molecule has 0 bridgehead atoms. The maximum Gasteiger partial charge on any atom is 0.338 e. The van der Waals surface area contributed by atoms with Crippen LogP contribution in [-0.4, -0.2) is 26.2 Å². The van der Waals surface area contributed by atoms with Crippen molar-refractivity contribution < 1.29 is 19.1 Å². The molecule has 4 nitrogen and oxygen atoms in total. The lowest BCUT2D eigenvalue weighted by Gasteiger charge is -2.24. The summed E-state index contributed by atoms with van der Waals surface area (Å²) >= 11 is 0. The largest absolute Gasteiger partial charge is 0.465 e. The molecule has 0 saturated carbocycles. The molecule has 0 fully saturated rings. The van der Waals surface area contributed by atoms with Gasteiger partial charge in [-0.3, -0.25) is 0 Å². The Morgan fingerprint density at radius 1 is 0.885 bits per heavy atom. The van der Waals surface area contributed by atoms with Crippen molar-refractivity contribution >= 4 is 11.9 Å². The first-order chi connectivity index (χ1) is 12.7. The third-order valence-corrected chi connectivity index (χ3v) is 5.06. The number of aryl methyl sites for hydroxylation is 2. The van der Waals surface area contributed by atoms with Crippen molar-refractivity contribution in [3.05, 3.63) is 69.8 Å². The first kappa shape index (κ1) is 18.2. The number of rotatable bonds is 5. The van der Waals surface area contributed by atoms with Gasteiger partial charge in [-0.05, 0) is 66.8 Å². The van der Waals surface area contributed by atoms with Crippen molar-refractivity contribution in [3.8, 4) is 0 Å². The Balaban J connectivity index is 2.07. The smallest absolute Gasteiger partial charge is 0.338 e. The maximum atomic E-state index is 12.5. The highest BCUT2D eigenvalue weighted by atomic mass is 16.5. The summed E-state index contributed by atoms with van der Waals surface area (Å²) in [5.74, 6) is -0.650. The Morgan fingerprint density at radius 3 is 2.19 bits per heavy atom. The molecule has 1 aliphatic carbocycles. The van der Waals surface area contributed by atoms with Crippen molar-refractivity contribution in [2.75, 3.05) is 14.2 Å². The fraction of sp³-hybridized carbons (Fsp3) is 0.364. The Morgan fingerprint density at radius 2 is 1.54 bits per heavy atom. The molecule has 0 amide bonds. The molecular formula is C22H24O4. The van der Waals surface area contributed by atoms with Gasteiger partial charge in [0.25, 0.3) is 0 Å². The predicted octanol–water partition coefficient (Wildman–Crippen LogP) is 3.92. The molecule has 0 spiro atoms. The van der Waals surface area contributed by atoms with E-state index in [9.17, 15) is 9.59 Å². The molecule has 0 aliphatic heterocycles. The number of carbonyl (C=O) groups is 2. The highest BCUT2D eigenvalue weighted by molar-refractivity contribution is 5.98. The monoisotopic (exact) mass is 352 g/mol. The number of hydrogen-bond donors (Lipinski definition) is 0. The maximum absolute atomic E-state index is 12.5. The van der Waals surface area contributed by atoms with Crippen LogP contribution in [-0.2, 0) is 35.2 Å². The first-order valence-electron chi connectivity index (χ1n) is 9.04. The van der Waals surface area contributed by atoms with Gasteiger partial charge in [-0.2, -0.15) is 0 Å². The lowest BCUT2D eigenvalue weighted by molar-refractivity contribution is 0.0582. The van der Waals surface area contributed by atoms with E-state index in [-0.39, 0.29) is 11.9 Å². The summed E-state index contributed by atoms with van der Waals surface area (Å²) in [6.07, 6.45) is 5.09. The first-order valence-corrected chi connectivity index (χ1v) is 9.04. The van der Waals surface area contributed by atoms with E-state index in [2.05, 4.69) is 12.1 Å². The summed E-state index contributed by atoms with van der Waals surface area (Å²) < 4.78 is 10.1. The van der Waals surface area contributed by atoms with Crippen molar-refractivity contribution in [1.29, 1.82) is 0 Å². The molecule has 0 atom stereocenters. The van der Waals surface area contributed by atoms with E-state index in [1.54, 1.807) is 0 Å². The average Bonchev–Trinajstić information content (AvgIpc) is 2.71. The van der Waals surface area contributed by atoms with Crippen LogP contribution in [0.1, 0.15) is 55.8 Å². The van der Waals surface area contributed by atoms with Crippen molar-refractivity contribution in [3.63, 3.8) is 0 Å². The predicted molar refractivity (Wildman–Crippen MR) is 99.6 cm³/mol. The molecule has 1 aliphatic rings. The van der Waals surface area contributed by atoms with E-state index in [1.165, 1.54) is 19.8 Å². The molecule has 0 radical (unpaired) electrons.